The van der Waals surface area contributed by atoms with Gasteiger partial charge in [-0.15, -0.1) is 11.3 Å². The SMILES string of the molecule is CC(C)c1csc(C2(c3nc4c(c(=O)[nH]3)CN(C(=O)C(O)c3cccc(C(F)(F)F)c3F)CCC4)CC2)c1. The van der Waals surface area contributed by atoms with E-state index in [1.807, 2.05) is 0 Å². The van der Waals surface area contributed by atoms with Gasteiger partial charge in [0.15, 0.2) is 6.10 Å². The third kappa shape index (κ3) is 4.66. The summed E-state index contributed by atoms with van der Waals surface area (Å²) in [6, 6.07) is 4.61. The molecule has 1 aromatic carbocycles. The smallest absolute Gasteiger partial charge is 0.378 e. The molecule has 1 saturated carbocycles. The van der Waals surface area contributed by atoms with Crippen LogP contribution in [0.3, 0.4) is 0 Å². The van der Waals surface area contributed by atoms with Crippen LogP contribution in [0, 0.1) is 5.82 Å². The second-order valence-corrected chi connectivity index (χ2v) is 11.2. The van der Waals surface area contributed by atoms with Gasteiger partial charge in [-0.05, 0) is 54.7 Å². The van der Waals surface area contributed by atoms with Gasteiger partial charge < -0.3 is 15.0 Å². The molecule has 1 aliphatic heterocycles. The van der Waals surface area contributed by atoms with Crippen molar-refractivity contribution in [2.24, 2.45) is 0 Å². The largest absolute Gasteiger partial charge is 0.419 e. The highest BCUT2D eigenvalue weighted by molar-refractivity contribution is 7.10. The number of nitrogens with one attached hydrogen (secondary N) is 1. The maximum absolute atomic E-state index is 14.6. The molecule has 1 unspecified atom stereocenters. The average molecular weight is 550 g/mol. The number of aliphatic hydroxyl groups excluding tert-OH is 1. The summed E-state index contributed by atoms with van der Waals surface area (Å²) < 4.78 is 53.9. The number of aromatic nitrogens is 2. The van der Waals surface area contributed by atoms with Gasteiger partial charge in [0.25, 0.3) is 11.5 Å². The van der Waals surface area contributed by atoms with Crippen LogP contribution >= 0.6 is 11.3 Å². The van der Waals surface area contributed by atoms with Gasteiger partial charge in [0.2, 0.25) is 0 Å². The molecular formula is C27H27F4N3O3S. The number of hydrogen-bond donors (Lipinski definition) is 2. The molecule has 1 aliphatic carbocycles. The average Bonchev–Trinajstić information content (AvgIpc) is 3.57. The third-order valence-corrected chi connectivity index (χ3v) is 8.58. The van der Waals surface area contributed by atoms with Crippen LogP contribution in [-0.4, -0.2) is 32.4 Å². The predicted octanol–water partition coefficient (Wildman–Crippen LogP) is 5.20. The van der Waals surface area contributed by atoms with E-state index in [0.29, 0.717) is 36.3 Å². The lowest BCUT2D eigenvalue weighted by Gasteiger charge is -2.24. The Morgan fingerprint density at radius 3 is 2.63 bits per heavy atom. The first-order valence-electron chi connectivity index (χ1n) is 12.5. The molecule has 0 saturated heterocycles. The summed E-state index contributed by atoms with van der Waals surface area (Å²) in [5.74, 6) is -1.68. The van der Waals surface area contributed by atoms with Gasteiger partial charge in [0.05, 0.1) is 28.8 Å². The Hall–Kier alpha value is -3.05. The van der Waals surface area contributed by atoms with Gasteiger partial charge in [0, 0.05) is 17.0 Å². The third-order valence-electron chi connectivity index (χ3n) is 7.43. The molecule has 5 rings (SSSR count). The molecule has 1 atom stereocenters. The number of benzene rings is 1. The van der Waals surface area contributed by atoms with E-state index in [1.54, 1.807) is 11.3 Å². The van der Waals surface area contributed by atoms with E-state index >= 15 is 0 Å². The number of fused-ring (bicyclic) bond motifs is 1. The minimum atomic E-state index is -4.97. The standard InChI is InChI=1S/C27H27F4N3O3S/c1-14(2)15-11-20(38-13-15)26(8-9-26)25-32-19-7-4-10-34(12-17(19)23(36)33-25)24(37)22(35)16-5-3-6-18(21(16)28)27(29,30)31/h3,5-6,11,13-14,22,35H,4,7-10,12H2,1-2H3,(H,32,33,36). The Bertz CT molecular complexity index is 1440. The van der Waals surface area contributed by atoms with Crippen LogP contribution in [0.15, 0.2) is 34.4 Å². The minimum absolute atomic E-state index is 0.134. The summed E-state index contributed by atoms with van der Waals surface area (Å²) in [5, 5.41) is 12.7. The number of H-pyrrole nitrogens is 1. The Morgan fingerprint density at radius 1 is 1.26 bits per heavy atom. The normalized spacial score (nSPS) is 17.7. The number of aliphatic hydroxyl groups is 1. The van der Waals surface area contributed by atoms with Crippen molar-refractivity contribution in [2.75, 3.05) is 6.54 Å². The van der Waals surface area contributed by atoms with E-state index in [2.05, 4.69) is 30.3 Å². The van der Waals surface area contributed by atoms with Crippen LogP contribution in [0.1, 0.15) is 83.8 Å². The van der Waals surface area contributed by atoms with E-state index in [4.69, 9.17) is 4.98 Å². The number of hydrogen-bond acceptors (Lipinski definition) is 5. The second-order valence-electron chi connectivity index (χ2n) is 10.3. The quantitative estimate of drug-likeness (QED) is 0.429. The topological polar surface area (TPSA) is 86.3 Å². The Labute approximate surface area is 220 Å². The number of carbonyl (C=O) groups is 1. The first kappa shape index (κ1) is 26.6. The molecule has 0 spiro atoms. The fourth-order valence-electron chi connectivity index (χ4n) is 4.95. The molecule has 0 radical (unpaired) electrons. The van der Waals surface area contributed by atoms with E-state index in [9.17, 15) is 32.3 Å². The van der Waals surface area contributed by atoms with Crippen molar-refractivity contribution in [1.82, 2.24) is 14.9 Å². The van der Waals surface area contributed by atoms with Crippen LogP contribution in [0.2, 0.25) is 0 Å². The van der Waals surface area contributed by atoms with Crippen molar-refractivity contribution in [3.05, 3.63) is 84.5 Å². The number of amides is 1. The van der Waals surface area contributed by atoms with Gasteiger partial charge in [-0.25, -0.2) is 9.37 Å². The van der Waals surface area contributed by atoms with Crippen molar-refractivity contribution in [3.8, 4) is 0 Å². The molecule has 3 aromatic rings. The molecule has 38 heavy (non-hydrogen) atoms. The first-order chi connectivity index (χ1) is 17.9. The number of nitrogens with zero attached hydrogens (tertiary/aromatic N) is 2. The van der Waals surface area contributed by atoms with Crippen molar-refractivity contribution in [3.63, 3.8) is 0 Å². The molecule has 2 aliphatic rings. The lowest BCUT2D eigenvalue weighted by molar-refractivity contribution is -0.143. The van der Waals surface area contributed by atoms with Gasteiger partial charge in [0.1, 0.15) is 11.6 Å². The molecule has 0 bridgehead atoms. The summed E-state index contributed by atoms with van der Waals surface area (Å²) in [7, 11) is 0. The number of aromatic amines is 1. The summed E-state index contributed by atoms with van der Waals surface area (Å²) in [6.07, 6.45) is -4.54. The van der Waals surface area contributed by atoms with Crippen molar-refractivity contribution in [2.45, 2.75) is 69.7 Å². The highest BCUT2D eigenvalue weighted by atomic mass is 32.1. The van der Waals surface area contributed by atoms with Gasteiger partial charge in [-0.2, -0.15) is 13.2 Å². The van der Waals surface area contributed by atoms with E-state index in [-0.39, 0.29) is 24.1 Å². The minimum Gasteiger partial charge on any atom is -0.378 e. The highest BCUT2D eigenvalue weighted by Crippen LogP contribution is 2.54. The van der Waals surface area contributed by atoms with Crippen LogP contribution in [0.25, 0.3) is 0 Å². The number of alkyl halides is 3. The molecular weight excluding hydrogens is 522 g/mol. The Balaban J connectivity index is 1.41. The summed E-state index contributed by atoms with van der Waals surface area (Å²) >= 11 is 1.65. The molecule has 202 valence electrons. The maximum Gasteiger partial charge on any atom is 0.419 e. The number of halogens is 4. The van der Waals surface area contributed by atoms with Crippen molar-refractivity contribution in [1.29, 1.82) is 0 Å². The maximum atomic E-state index is 14.6. The number of aryl methyl sites for hydroxylation is 1. The lowest BCUT2D eigenvalue weighted by Crippen LogP contribution is -2.37. The number of carbonyl (C=O) groups excluding carboxylic acids is 1. The summed E-state index contributed by atoms with van der Waals surface area (Å²) in [6.45, 7) is 4.20. The summed E-state index contributed by atoms with van der Waals surface area (Å²) in [4.78, 5) is 36.3. The zero-order chi connectivity index (χ0) is 27.4. The van der Waals surface area contributed by atoms with Gasteiger partial charge in [-0.3, -0.25) is 9.59 Å². The van der Waals surface area contributed by atoms with E-state index in [0.717, 1.165) is 29.9 Å². The number of thiophene rings is 1. The fourth-order valence-corrected chi connectivity index (χ4v) is 6.29. The Kier molecular flexibility index (Phi) is 6.71. The van der Waals surface area contributed by atoms with Crippen molar-refractivity contribution < 1.29 is 27.5 Å². The zero-order valence-electron chi connectivity index (χ0n) is 20.9. The monoisotopic (exact) mass is 549 g/mol. The van der Waals surface area contributed by atoms with Gasteiger partial charge in [-0.1, -0.05) is 26.0 Å². The van der Waals surface area contributed by atoms with E-state index < -0.39 is 40.7 Å². The van der Waals surface area contributed by atoms with Crippen LogP contribution in [0.4, 0.5) is 17.6 Å². The molecule has 2 aromatic heterocycles. The fraction of sp³-hybridized carbons (Fsp3) is 0.444. The highest BCUT2D eigenvalue weighted by Gasteiger charge is 2.50. The van der Waals surface area contributed by atoms with E-state index in [1.165, 1.54) is 10.5 Å². The van der Waals surface area contributed by atoms with Crippen molar-refractivity contribution >= 4 is 17.2 Å². The molecule has 3 heterocycles. The molecule has 6 nitrogen and oxygen atoms in total. The van der Waals surface area contributed by atoms with Crippen LogP contribution < -0.4 is 5.56 Å². The second kappa shape index (κ2) is 9.60. The summed E-state index contributed by atoms with van der Waals surface area (Å²) in [5.41, 5.74) is -0.979. The predicted molar refractivity (Wildman–Crippen MR) is 133 cm³/mol. The molecule has 11 heteroatoms. The van der Waals surface area contributed by atoms with Gasteiger partial charge >= 0.3 is 6.18 Å². The zero-order valence-corrected chi connectivity index (χ0v) is 21.7. The van der Waals surface area contributed by atoms with Crippen LogP contribution in [-0.2, 0) is 29.4 Å². The molecule has 2 N–H and O–H groups in total. The Morgan fingerprint density at radius 2 is 2.00 bits per heavy atom. The number of rotatable bonds is 5. The lowest BCUT2D eigenvalue weighted by atomic mass is 9.99. The molecule has 1 fully saturated rings. The molecule has 1 amide bonds. The first-order valence-corrected chi connectivity index (χ1v) is 13.3. The van der Waals surface area contributed by atoms with Crippen LogP contribution in [0.5, 0.6) is 0 Å².